The van der Waals surface area contributed by atoms with Gasteiger partial charge in [0, 0.05) is 24.1 Å². The van der Waals surface area contributed by atoms with Crippen LogP contribution >= 0.6 is 23.1 Å². The largest absolute Gasteiger partial charge is 0.495 e. The first-order valence-electron chi connectivity index (χ1n) is 14.2. The zero-order chi connectivity index (χ0) is 32.9. The molecule has 238 valence electrons. The molecule has 1 N–H and O–H groups in total. The molecule has 47 heavy (non-hydrogen) atoms. The van der Waals surface area contributed by atoms with E-state index in [1.54, 1.807) is 28.8 Å². The van der Waals surface area contributed by atoms with E-state index in [-0.39, 0.29) is 35.3 Å². The fraction of sp³-hybridized carbons (Fsp3) is 0.156. The first kappa shape index (κ1) is 31.6. The quantitative estimate of drug-likeness (QED) is 0.106. The average Bonchev–Trinajstić information content (AvgIpc) is 3.87. The van der Waals surface area contributed by atoms with Gasteiger partial charge < -0.3 is 10.1 Å². The average molecular weight is 672 g/mol. The summed E-state index contributed by atoms with van der Waals surface area (Å²) < 4.78 is 21.0. The molecule has 0 saturated carbocycles. The molecular weight excluding hydrogens is 646 g/mol. The predicted molar refractivity (Wildman–Crippen MR) is 174 cm³/mol. The Kier molecular flexibility index (Phi) is 9.35. The topological polar surface area (TPSA) is 145 Å². The number of carbonyl (C=O) groups excluding carboxylic acids is 2. The second-order valence-corrected chi connectivity index (χ2v) is 12.1. The number of methoxy groups -OCH3 is 1. The van der Waals surface area contributed by atoms with Gasteiger partial charge in [-0.2, -0.15) is 5.10 Å². The normalized spacial score (nSPS) is 14.1. The summed E-state index contributed by atoms with van der Waals surface area (Å²) in [5, 5.41) is 30.9. The summed E-state index contributed by atoms with van der Waals surface area (Å²) >= 11 is 2.68. The molecule has 3 aromatic carbocycles. The molecule has 0 radical (unpaired) electrons. The number of hydrogen-bond donors (Lipinski definition) is 1. The van der Waals surface area contributed by atoms with E-state index in [4.69, 9.17) is 4.74 Å². The summed E-state index contributed by atoms with van der Waals surface area (Å²) in [4.78, 5) is 38.0. The third-order valence-corrected chi connectivity index (χ3v) is 9.16. The van der Waals surface area contributed by atoms with E-state index in [1.165, 1.54) is 59.9 Å². The number of benzene rings is 3. The van der Waals surface area contributed by atoms with E-state index < -0.39 is 16.9 Å². The number of aromatic nitrogens is 3. The maximum absolute atomic E-state index is 13.7. The zero-order valence-electron chi connectivity index (χ0n) is 24.8. The van der Waals surface area contributed by atoms with Gasteiger partial charge in [0.1, 0.15) is 11.6 Å². The number of non-ortho nitro benzene ring substituents is 1. The lowest BCUT2D eigenvalue weighted by Gasteiger charge is -2.22. The molecule has 5 aromatic rings. The van der Waals surface area contributed by atoms with E-state index in [9.17, 15) is 24.1 Å². The number of thiophene rings is 1. The van der Waals surface area contributed by atoms with Gasteiger partial charge in [0.05, 0.1) is 46.6 Å². The Balaban J connectivity index is 1.24. The Morgan fingerprint density at radius 3 is 2.53 bits per heavy atom. The third kappa shape index (κ3) is 6.90. The van der Waals surface area contributed by atoms with Crippen LogP contribution in [0.3, 0.4) is 0 Å². The van der Waals surface area contributed by atoms with Crippen molar-refractivity contribution in [2.24, 2.45) is 5.10 Å². The number of hydrogen-bond acceptors (Lipinski definition) is 10. The molecule has 1 aliphatic heterocycles. The standard InChI is InChI=1S/C32H26FN7O5S2/c1-45-27-6-3-2-5-25(27)38-29(18-34-31(42)21-10-14-23(15-11-21)40(43)44)35-36-32(38)47-19-30(41)39-26(20-8-12-22(33)13-9-20)17-24(37-39)28-7-4-16-46-28/h2-16,26H,17-19H2,1H3,(H,34,42)/t26-/m0/s1. The monoisotopic (exact) mass is 671 g/mol. The molecule has 1 atom stereocenters. The first-order chi connectivity index (χ1) is 22.8. The zero-order valence-corrected chi connectivity index (χ0v) is 26.4. The SMILES string of the molecule is COc1ccccc1-n1c(CNC(=O)c2ccc([N+](=O)[O-])cc2)nnc1SCC(=O)N1N=C(c2cccs2)C[C@H]1c1ccc(F)cc1. The Bertz CT molecular complexity index is 1950. The van der Waals surface area contributed by atoms with Gasteiger partial charge in [-0.1, -0.05) is 42.1 Å². The molecule has 0 spiro atoms. The fourth-order valence-corrected chi connectivity index (χ4v) is 6.57. The van der Waals surface area contributed by atoms with Crippen LogP contribution in [0.4, 0.5) is 10.1 Å². The Morgan fingerprint density at radius 2 is 1.83 bits per heavy atom. The van der Waals surface area contributed by atoms with Crippen LogP contribution in [0.15, 0.2) is 101 Å². The lowest BCUT2D eigenvalue weighted by Crippen LogP contribution is -2.28. The van der Waals surface area contributed by atoms with Crippen LogP contribution in [-0.4, -0.2) is 55.1 Å². The molecule has 12 nitrogen and oxygen atoms in total. The number of nitro groups is 1. The van der Waals surface area contributed by atoms with Crippen molar-refractivity contribution in [2.75, 3.05) is 12.9 Å². The van der Waals surface area contributed by atoms with Gasteiger partial charge in [-0.05, 0) is 53.4 Å². The van der Waals surface area contributed by atoms with Gasteiger partial charge in [0.25, 0.3) is 17.5 Å². The Hall–Kier alpha value is -5.41. The minimum atomic E-state index is -0.539. The summed E-state index contributed by atoms with van der Waals surface area (Å²) in [5.74, 6) is -0.262. The van der Waals surface area contributed by atoms with Crippen molar-refractivity contribution in [2.45, 2.75) is 24.2 Å². The third-order valence-electron chi connectivity index (χ3n) is 7.32. The highest BCUT2D eigenvalue weighted by Gasteiger charge is 2.34. The van der Waals surface area contributed by atoms with Gasteiger partial charge >= 0.3 is 0 Å². The second kappa shape index (κ2) is 13.9. The maximum atomic E-state index is 13.7. The van der Waals surface area contributed by atoms with Gasteiger partial charge in [-0.15, -0.1) is 21.5 Å². The minimum Gasteiger partial charge on any atom is -0.495 e. The number of para-hydroxylation sites is 2. The molecule has 15 heteroatoms. The van der Waals surface area contributed by atoms with E-state index in [1.807, 2.05) is 29.6 Å². The van der Waals surface area contributed by atoms with Crippen LogP contribution in [-0.2, 0) is 11.3 Å². The summed E-state index contributed by atoms with van der Waals surface area (Å²) in [6, 6.07) is 22.0. The summed E-state index contributed by atoms with van der Waals surface area (Å²) in [7, 11) is 1.53. The molecule has 1 aliphatic rings. The van der Waals surface area contributed by atoms with Crippen molar-refractivity contribution in [3.05, 3.63) is 128 Å². The van der Waals surface area contributed by atoms with Crippen LogP contribution in [0, 0.1) is 15.9 Å². The van der Waals surface area contributed by atoms with Crippen molar-refractivity contribution in [3.8, 4) is 11.4 Å². The molecule has 2 aromatic heterocycles. The summed E-state index contributed by atoms with van der Waals surface area (Å²) in [5.41, 5.74) is 2.25. The van der Waals surface area contributed by atoms with Gasteiger partial charge in [0.2, 0.25) is 0 Å². The van der Waals surface area contributed by atoms with Gasteiger partial charge in [-0.25, -0.2) is 9.40 Å². The minimum absolute atomic E-state index is 0.0391. The first-order valence-corrected chi connectivity index (χ1v) is 16.1. The number of thioether (sulfide) groups is 1. The lowest BCUT2D eigenvalue weighted by molar-refractivity contribution is -0.384. The number of halogens is 1. The molecule has 0 bridgehead atoms. The number of hydrazone groups is 1. The van der Waals surface area contributed by atoms with Crippen molar-refractivity contribution >= 4 is 46.3 Å². The second-order valence-electron chi connectivity index (χ2n) is 10.2. The highest BCUT2D eigenvalue weighted by molar-refractivity contribution is 7.99. The van der Waals surface area contributed by atoms with Gasteiger partial charge in [-0.3, -0.25) is 24.3 Å². The molecular formula is C32H26FN7O5S2. The smallest absolute Gasteiger partial charge is 0.269 e. The van der Waals surface area contributed by atoms with E-state index in [0.717, 1.165) is 27.9 Å². The summed E-state index contributed by atoms with van der Waals surface area (Å²) in [6.07, 6.45) is 0.485. The molecule has 0 saturated heterocycles. The fourth-order valence-electron chi connectivity index (χ4n) is 5.03. The van der Waals surface area contributed by atoms with Crippen LogP contribution in [0.25, 0.3) is 5.69 Å². The Morgan fingerprint density at radius 1 is 1.06 bits per heavy atom. The number of carbonyl (C=O) groups is 2. The van der Waals surface area contributed by atoms with Crippen molar-refractivity contribution in [1.29, 1.82) is 0 Å². The molecule has 0 aliphatic carbocycles. The number of nitro benzene ring substituents is 1. The van der Waals surface area contributed by atoms with E-state index >= 15 is 0 Å². The molecule has 2 amide bonds. The van der Waals surface area contributed by atoms with Crippen LogP contribution in [0.1, 0.15) is 39.1 Å². The molecule has 6 rings (SSSR count). The number of nitrogens with one attached hydrogen (secondary N) is 1. The van der Waals surface area contributed by atoms with Crippen molar-refractivity contribution < 1.29 is 23.6 Å². The van der Waals surface area contributed by atoms with Crippen LogP contribution in [0.5, 0.6) is 5.75 Å². The van der Waals surface area contributed by atoms with Crippen LogP contribution in [0.2, 0.25) is 0 Å². The lowest BCUT2D eigenvalue weighted by atomic mass is 10.0. The molecule has 3 heterocycles. The maximum Gasteiger partial charge on any atom is 0.269 e. The van der Waals surface area contributed by atoms with E-state index in [2.05, 4.69) is 20.6 Å². The number of ether oxygens (including phenoxy) is 1. The van der Waals surface area contributed by atoms with E-state index in [0.29, 0.717) is 28.8 Å². The van der Waals surface area contributed by atoms with Crippen molar-refractivity contribution in [3.63, 3.8) is 0 Å². The van der Waals surface area contributed by atoms with Crippen LogP contribution < -0.4 is 10.1 Å². The summed E-state index contributed by atoms with van der Waals surface area (Å²) in [6.45, 7) is -0.0391. The number of rotatable bonds is 11. The molecule has 0 fully saturated rings. The number of amides is 2. The number of nitrogens with zero attached hydrogens (tertiary/aromatic N) is 6. The van der Waals surface area contributed by atoms with Crippen molar-refractivity contribution in [1.82, 2.24) is 25.1 Å². The Labute approximate surface area is 276 Å². The van der Waals surface area contributed by atoms with Gasteiger partial charge in [0.15, 0.2) is 11.0 Å². The molecule has 0 unspecified atom stereocenters. The highest BCUT2D eigenvalue weighted by atomic mass is 32.2. The highest BCUT2D eigenvalue weighted by Crippen LogP contribution is 2.35. The predicted octanol–water partition coefficient (Wildman–Crippen LogP) is 5.78.